The van der Waals surface area contributed by atoms with Gasteiger partial charge in [0.25, 0.3) is 0 Å². The van der Waals surface area contributed by atoms with Gasteiger partial charge in [0.2, 0.25) is 0 Å². The van der Waals surface area contributed by atoms with Crippen LogP contribution in [-0.4, -0.2) is 6.04 Å². The summed E-state index contributed by atoms with van der Waals surface area (Å²) < 4.78 is 0. The first-order valence-corrected chi connectivity index (χ1v) is 6.57. The van der Waals surface area contributed by atoms with Crippen LogP contribution in [0.4, 0.5) is 5.69 Å². The van der Waals surface area contributed by atoms with Gasteiger partial charge in [-0.05, 0) is 31.4 Å². The predicted molar refractivity (Wildman–Crippen MR) is 71.0 cm³/mol. The Morgan fingerprint density at radius 3 is 2.53 bits per heavy atom. The molecule has 1 fully saturated rings. The van der Waals surface area contributed by atoms with E-state index in [-0.39, 0.29) is 0 Å². The third kappa shape index (κ3) is 3.00. The molecule has 1 aliphatic carbocycles. The number of nitrogens with zero attached hydrogens (tertiary/aromatic N) is 1. The van der Waals surface area contributed by atoms with Crippen molar-refractivity contribution in [3.63, 3.8) is 0 Å². The van der Waals surface area contributed by atoms with Crippen molar-refractivity contribution in [2.24, 2.45) is 0 Å². The monoisotopic (exact) mass is 228 g/mol. The quantitative estimate of drug-likeness (QED) is 0.776. The first-order chi connectivity index (χ1) is 8.31. The number of nitrogens with one attached hydrogen (secondary N) is 1. The van der Waals surface area contributed by atoms with Crippen LogP contribution in [0, 0.1) is 18.3 Å². The fourth-order valence-corrected chi connectivity index (χ4v) is 2.58. The number of benzene rings is 1. The molecule has 1 aliphatic rings. The lowest BCUT2D eigenvalue weighted by Gasteiger charge is -2.19. The molecule has 1 N–H and O–H groups in total. The Morgan fingerprint density at radius 2 is 1.88 bits per heavy atom. The number of nitriles is 1. The van der Waals surface area contributed by atoms with Crippen LogP contribution < -0.4 is 5.32 Å². The summed E-state index contributed by atoms with van der Waals surface area (Å²) in [6, 6.07) is 8.90. The van der Waals surface area contributed by atoms with Gasteiger partial charge < -0.3 is 5.32 Å². The van der Waals surface area contributed by atoms with Crippen LogP contribution in [0.5, 0.6) is 0 Å². The molecule has 0 heterocycles. The molecule has 0 bridgehead atoms. The van der Waals surface area contributed by atoms with Gasteiger partial charge in [-0.25, -0.2) is 0 Å². The Labute approximate surface area is 104 Å². The molecular weight excluding hydrogens is 208 g/mol. The maximum absolute atomic E-state index is 9.19. The smallest absolute Gasteiger partial charge is 0.102 e. The molecule has 2 heteroatoms. The standard InChI is InChI=1S/C15H20N2/c1-12-7-6-10-15(14(12)11-16)17-13-8-4-2-3-5-9-13/h6-7,10,13,17H,2-5,8-9H2,1H3. The van der Waals surface area contributed by atoms with E-state index in [0.29, 0.717) is 6.04 Å². The van der Waals surface area contributed by atoms with Crippen LogP contribution in [-0.2, 0) is 0 Å². The third-order valence-electron chi connectivity index (χ3n) is 3.60. The molecular formula is C15H20N2. The van der Waals surface area contributed by atoms with E-state index in [1.54, 1.807) is 0 Å². The minimum absolute atomic E-state index is 0.548. The highest BCUT2D eigenvalue weighted by Gasteiger charge is 2.13. The van der Waals surface area contributed by atoms with Gasteiger partial charge in [0.15, 0.2) is 0 Å². The van der Waals surface area contributed by atoms with Gasteiger partial charge in [0.1, 0.15) is 6.07 Å². The van der Waals surface area contributed by atoms with E-state index >= 15 is 0 Å². The molecule has 0 amide bonds. The molecule has 2 rings (SSSR count). The molecule has 90 valence electrons. The summed E-state index contributed by atoms with van der Waals surface area (Å²) in [5.74, 6) is 0. The zero-order valence-electron chi connectivity index (χ0n) is 10.5. The van der Waals surface area contributed by atoms with Crippen molar-refractivity contribution in [1.29, 1.82) is 5.26 Å². The molecule has 0 atom stereocenters. The number of aryl methyl sites for hydroxylation is 1. The Balaban J connectivity index is 2.12. The van der Waals surface area contributed by atoms with E-state index in [1.807, 2.05) is 25.1 Å². The van der Waals surface area contributed by atoms with Crippen molar-refractivity contribution < 1.29 is 0 Å². The maximum Gasteiger partial charge on any atom is 0.102 e. The van der Waals surface area contributed by atoms with Crippen LogP contribution in [0.2, 0.25) is 0 Å². The first-order valence-electron chi connectivity index (χ1n) is 6.57. The highest BCUT2D eigenvalue weighted by atomic mass is 14.9. The fraction of sp³-hybridized carbons (Fsp3) is 0.533. The molecule has 0 radical (unpaired) electrons. The Morgan fingerprint density at radius 1 is 1.18 bits per heavy atom. The lowest BCUT2D eigenvalue weighted by atomic mass is 10.0. The van der Waals surface area contributed by atoms with Crippen molar-refractivity contribution in [1.82, 2.24) is 0 Å². The van der Waals surface area contributed by atoms with Gasteiger partial charge >= 0.3 is 0 Å². The van der Waals surface area contributed by atoms with E-state index < -0.39 is 0 Å². The second-order valence-corrected chi connectivity index (χ2v) is 4.94. The van der Waals surface area contributed by atoms with Gasteiger partial charge in [-0.1, -0.05) is 37.8 Å². The molecule has 2 nitrogen and oxygen atoms in total. The third-order valence-corrected chi connectivity index (χ3v) is 3.60. The van der Waals surface area contributed by atoms with Gasteiger partial charge in [0, 0.05) is 6.04 Å². The van der Waals surface area contributed by atoms with Crippen molar-refractivity contribution in [3.05, 3.63) is 29.3 Å². The van der Waals surface area contributed by atoms with Crippen LogP contribution in [0.3, 0.4) is 0 Å². The van der Waals surface area contributed by atoms with E-state index in [1.165, 1.54) is 38.5 Å². The van der Waals surface area contributed by atoms with Crippen molar-refractivity contribution in [2.45, 2.75) is 51.5 Å². The molecule has 1 aromatic carbocycles. The topological polar surface area (TPSA) is 35.8 Å². The summed E-state index contributed by atoms with van der Waals surface area (Å²) in [4.78, 5) is 0. The minimum atomic E-state index is 0.548. The normalized spacial score (nSPS) is 17.2. The second kappa shape index (κ2) is 5.72. The number of rotatable bonds is 2. The molecule has 0 spiro atoms. The van der Waals surface area contributed by atoms with E-state index in [4.69, 9.17) is 0 Å². The number of hydrogen-bond acceptors (Lipinski definition) is 2. The minimum Gasteiger partial charge on any atom is -0.381 e. The molecule has 0 aromatic heterocycles. The van der Waals surface area contributed by atoms with Gasteiger partial charge in [-0.2, -0.15) is 5.26 Å². The van der Waals surface area contributed by atoms with E-state index in [9.17, 15) is 5.26 Å². The zero-order valence-corrected chi connectivity index (χ0v) is 10.5. The molecule has 17 heavy (non-hydrogen) atoms. The van der Waals surface area contributed by atoms with E-state index in [2.05, 4.69) is 11.4 Å². The van der Waals surface area contributed by atoms with Crippen molar-refractivity contribution in [3.8, 4) is 6.07 Å². The summed E-state index contributed by atoms with van der Waals surface area (Å²) in [7, 11) is 0. The lowest BCUT2D eigenvalue weighted by molar-refractivity contribution is 0.620. The fourth-order valence-electron chi connectivity index (χ4n) is 2.58. The largest absolute Gasteiger partial charge is 0.381 e. The number of hydrogen-bond donors (Lipinski definition) is 1. The highest BCUT2D eigenvalue weighted by molar-refractivity contribution is 5.61. The first kappa shape index (κ1) is 12.0. The summed E-state index contributed by atoms with van der Waals surface area (Å²) in [6.45, 7) is 2.00. The Kier molecular flexibility index (Phi) is 4.03. The Bertz CT molecular complexity index is 409. The summed E-state index contributed by atoms with van der Waals surface area (Å²) >= 11 is 0. The van der Waals surface area contributed by atoms with Gasteiger partial charge in [0.05, 0.1) is 11.3 Å². The van der Waals surface area contributed by atoms with Crippen LogP contribution in [0.25, 0.3) is 0 Å². The second-order valence-electron chi connectivity index (χ2n) is 4.94. The molecule has 0 aliphatic heterocycles. The summed E-state index contributed by atoms with van der Waals surface area (Å²) in [6.07, 6.45) is 7.81. The van der Waals surface area contributed by atoms with Crippen molar-refractivity contribution in [2.75, 3.05) is 5.32 Å². The maximum atomic E-state index is 9.19. The molecule has 0 unspecified atom stereocenters. The van der Waals surface area contributed by atoms with Crippen LogP contribution >= 0.6 is 0 Å². The average molecular weight is 228 g/mol. The average Bonchev–Trinajstić information content (AvgIpc) is 2.58. The van der Waals surface area contributed by atoms with Crippen LogP contribution in [0.1, 0.15) is 49.7 Å². The van der Waals surface area contributed by atoms with Gasteiger partial charge in [-0.15, -0.1) is 0 Å². The summed E-state index contributed by atoms with van der Waals surface area (Å²) in [5, 5.41) is 12.8. The van der Waals surface area contributed by atoms with E-state index in [0.717, 1.165) is 16.8 Å². The molecule has 1 aromatic rings. The molecule has 1 saturated carbocycles. The number of anilines is 1. The highest BCUT2D eigenvalue weighted by Crippen LogP contribution is 2.24. The molecule has 0 saturated heterocycles. The Hall–Kier alpha value is -1.49. The SMILES string of the molecule is Cc1cccc(NC2CCCCCC2)c1C#N. The van der Waals surface area contributed by atoms with Crippen LogP contribution in [0.15, 0.2) is 18.2 Å². The van der Waals surface area contributed by atoms with Crippen molar-refractivity contribution >= 4 is 5.69 Å². The zero-order chi connectivity index (χ0) is 12.1. The predicted octanol–water partition coefficient (Wildman–Crippen LogP) is 4.00. The lowest BCUT2D eigenvalue weighted by Crippen LogP contribution is -2.19. The summed E-state index contributed by atoms with van der Waals surface area (Å²) in [5.41, 5.74) is 2.88. The van der Waals surface area contributed by atoms with Gasteiger partial charge in [-0.3, -0.25) is 0 Å².